The van der Waals surface area contributed by atoms with Crippen LogP contribution in [0.15, 0.2) is 24.3 Å². The second-order valence-electron chi connectivity index (χ2n) is 6.50. The van der Waals surface area contributed by atoms with Crippen LogP contribution in [-0.4, -0.2) is 43.0 Å². The Hall–Kier alpha value is -1.92. The number of carbonyl (C=O) groups excluding carboxylic acids is 2. The number of likely N-dealkylation sites (tertiary alicyclic amines) is 1. The van der Waals surface area contributed by atoms with Gasteiger partial charge >= 0.3 is 0 Å². The summed E-state index contributed by atoms with van der Waals surface area (Å²) in [6, 6.07) is 7.94. The topological polar surface area (TPSA) is 84.7 Å². The number of benzene rings is 1. The molecule has 1 aliphatic heterocycles. The zero-order valence-electron chi connectivity index (χ0n) is 15.0. The van der Waals surface area contributed by atoms with E-state index in [-0.39, 0.29) is 17.7 Å². The first-order valence-corrected chi connectivity index (χ1v) is 9.06. The van der Waals surface area contributed by atoms with E-state index in [1.165, 1.54) is 0 Å². The molecule has 138 valence electrons. The monoisotopic (exact) mass is 347 g/mol. The summed E-state index contributed by atoms with van der Waals surface area (Å²) >= 11 is 0. The second kappa shape index (κ2) is 10.2. The summed E-state index contributed by atoms with van der Waals surface area (Å²) in [5.41, 5.74) is 7.36. The highest BCUT2D eigenvalue weighted by molar-refractivity contribution is 5.90. The molecule has 0 saturated carbocycles. The van der Waals surface area contributed by atoms with E-state index in [2.05, 4.69) is 16.3 Å². The van der Waals surface area contributed by atoms with Crippen LogP contribution in [0.5, 0.6) is 0 Å². The molecular weight excluding hydrogens is 318 g/mol. The van der Waals surface area contributed by atoms with E-state index in [1.807, 2.05) is 25.1 Å². The first kappa shape index (κ1) is 19.4. The molecule has 0 aliphatic carbocycles. The number of piperidine rings is 1. The fraction of sp³-hybridized carbons (Fsp3) is 0.579. The van der Waals surface area contributed by atoms with Crippen LogP contribution in [0.1, 0.15) is 38.2 Å². The smallest absolute Gasteiger partial charge is 0.224 e. The van der Waals surface area contributed by atoms with E-state index in [4.69, 9.17) is 10.5 Å². The maximum absolute atomic E-state index is 12.0. The molecule has 1 fully saturated rings. The maximum Gasteiger partial charge on any atom is 0.224 e. The highest BCUT2D eigenvalue weighted by Gasteiger charge is 2.22. The Morgan fingerprint density at radius 2 is 2.08 bits per heavy atom. The van der Waals surface area contributed by atoms with E-state index < -0.39 is 0 Å². The summed E-state index contributed by atoms with van der Waals surface area (Å²) in [6.07, 6.45) is 2.84. The molecule has 0 bridgehead atoms. The van der Waals surface area contributed by atoms with Crippen LogP contribution in [0.4, 0.5) is 5.69 Å². The van der Waals surface area contributed by atoms with Crippen LogP contribution < -0.4 is 11.1 Å². The lowest BCUT2D eigenvalue weighted by molar-refractivity contribution is -0.123. The fourth-order valence-electron chi connectivity index (χ4n) is 3.08. The van der Waals surface area contributed by atoms with Crippen molar-refractivity contribution in [1.29, 1.82) is 0 Å². The Kier molecular flexibility index (Phi) is 7.88. The van der Waals surface area contributed by atoms with E-state index >= 15 is 0 Å². The molecule has 0 spiro atoms. The van der Waals surface area contributed by atoms with Gasteiger partial charge in [0.05, 0.1) is 0 Å². The molecular formula is C19H29N3O3. The Morgan fingerprint density at radius 3 is 2.76 bits per heavy atom. The van der Waals surface area contributed by atoms with Crippen molar-refractivity contribution in [3.05, 3.63) is 29.8 Å². The maximum atomic E-state index is 12.0. The standard InChI is InChI=1S/C19H29N3O3/c1-2-25-12-4-7-18(23)21-17-6-3-5-15(13-17)14-22-10-8-16(9-11-22)19(20)24/h3,5-6,13,16H,2,4,7-12,14H2,1H3,(H2,20,24)(H,21,23). The summed E-state index contributed by atoms with van der Waals surface area (Å²) < 4.78 is 5.25. The number of hydrogen-bond donors (Lipinski definition) is 2. The summed E-state index contributed by atoms with van der Waals surface area (Å²) in [5.74, 6) is -0.161. The van der Waals surface area contributed by atoms with Crippen molar-refractivity contribution in [2.75, 3.05) is 31.6 Å². The predicted octanol–water partition coefficient (Wildman–Crippen LogP) is 2.14. The predicted molar refractivity (Wildman–Crippen MR) is 98.0 cm³/mol. The third-order valence-corrected chi connectivity index (χ3v) is 4.50. The second-order valence-corrected chi connectivity index (χ2v) is 6.50. The van der Waals surface area contributed by atoms with Crippen molar-refractivity contribution >= 4 is 17.5 Å². The van der Waals surface area contributed by atoms with Gasteiger partial charge in [0.25, 0.3) is 0 Å². The largest absolute Gasteiger partial charge is 0.382 e. The van der Waals surface area contributed by atoms with Gasteiger partial charge < -0.3 is 15.8 Å². The average Bonchev–Trinajstić information content (AvgIpc) is 2.59. The summed E-state index contributed by atoms with van der Waals surface area (Å²) in [7, 11) is 0. The molecule has 3 N–H and O–H groups in total. The third-order valence-electron chi connectivity index (χ3n) is 4.50. The number of nitrogens with two attached hydrogens (primary N) is 1. The molecule has 25 heavy (non-hydrogen) atoms. The van der Waals surface area contributed by atoms with Crippen molar-refractivity contribution in [2.45, 2.75) is 39.2 Å². The number of nitrogens with zero attached hydrogens (tertiary/aromatic N) is 1. The van der Waals surface area contributed by atoms with Crippen molar-refractivity contribution in [3.63, 3.8) is 0 Å². The van der Waals surface area contributed by atoms with Gasteiger partial charge in [-0.05, 0) is 57.0 Å². The molecule has 2 rings (SSSR count). The van der Waals surface area contributed by atoms with Gasteiger partial charge in [-0.15, -0.1) is 0 Å². The van der Waals surface area contributed by atoms with Crippen LogP contribution in [0.3, 0.4) is 0 Å². The van der Waals surface area contributed by atoms with Gasteiger partial charge in [0.1, 0.15) is 0 Å². The molecule has 1 aliphatic rings. The number of carbonyl (C=O) groups is 2. The highest BCUT2D eigenvalue weighted by Crippen LogP contribution is 2.20. The minimum absolute atomic E-state index is 0.0126. The first-order chi connectivity index (χ1) is 12.1. The summed E-state index contributed by atoms with van der Waals surface area (Å²) in [4.78, 5) is 25.5. The zero-order chi connectivity index (χ0) is 18.1. The number of rotatable bonds is 9. The minimum atomic E-state index is -0.186. The van der Waals surface area contributed by atoms with Crippen LogP contribution in [-0.2, 0) is 20.9 Å². The van der Waals surface area contributed by atoms with Gasteiger partial charge in [-0.1, -0.05) is 12.1 Å². The van der Waals surface area contributed by atoms with E-state index in [0.29, 0.717) is 19.6 Å². The van der Waals surface area contributed by atoms with E-state index in [9.17, 15) is 9.59 Å². The lowest BCUT2D eigenvalue weighted by Gasteiger charge is -2.30. The number of ether oxygens (including phenoxy) is 1. The molecule has 2 amide bonds. The SMILES string of the molecule is CCOCCCC(=O)Nc1cccc(CN2CCC(C(N)=O)CC2)c1. The van der Waals surface area contributed by atoms with Gasteiger partial charge in [0, 0.05) is 37.8 Å². The Morgan fingerprint density at radius 1 is 1.32 bits per heavy atom. The van der Waals surface area contributed by atoms with Crippen LogP contribution in [0, 0.1) is 5.92 Å². The lowest BCUT2D eigenvalue weighted by atomic mass is 9.96. The summed E-state index contributed by atoms with van der Waals surface area (Å²) in [6.45, 7) is 5.82. The van der Waals surface area contributed by atoms with Crippen LogP contribution in [0.25, 0.3) is 0 Å². The van der Waals surface area contributed by atoms with Crippen molar-refractivity contribution < 1.29 is 14.3 Å². The van der Waals surface area contributed by atoms with Gasteiger partial charge in [-0.25, -0.2) is 0 Å². The lowest BCUT2D eigenvalue weighted by Crippen LogP contribution is -2.38. The van der Waals surface area contributed by atoms with Crippen molar-refractivity contribution in [1.82, 2.24) is 4.90 Å². The van der Waals surface area contributed by atoms with Crippen LogP contribution >= 0.6 is 0 Å². The normalized spacial score (nSPS) is 15.9. The van der Waals surface area contributed by atoms with Crippen molar-refractivity contribution in [2.24, 2.45) is 11.7 Å². The molecule has 0 aromatic heterocycles. The highest BCUT2D eigenvalue weighted by atomic mass is 16.5. The van der Waals surface area contributed by atoms with E-state index in [1.54, 1.807) is 0 Å². The molecule has 1 heterocycles. The molecule has 0 radical (unpaired) electrons. The Bertz CT molecular complexity index is 569. The summed E-state index contributed by atoms with van der Waals surface area (Å²) in [5, 5.41) is 2.94. The molecule has 0 atom stereocenters. The third kappa shape index (κ3) is 6.84. The fourth-order valence-corrected chi connectivity index (χ4v) is 3.08. The van der Waals surface area contributed by atoms with Gasteiger partial charge in [0.15, 0.2) is 0 Å². The number of hydrogen-bond acceptors (Lipinski definition) is 4. The van der Waals surface area contributed by atoms with Gasteiger partial charge in [-0.2, -0.15) is 0 Å². The average molecular weight is 347 g/mol. The van der Waals surface area contributed by atoms with Gasteiger partial charge in [-0.3, -0.25) is 14.5 Å². The Balaban J connectivity index is 1.79. The molecule has 0 unspecified atom stereocenters. The van der Waals surface area contributed by atoms with Crippen LogP contribution in [0.2, 0.25) is 0 Å². The molecule has 1 saturated heterocycles. The zero-order valence-corrected chi connectivity index (χ0v) is 15.0. The molecule has 6 heteroatoms. The van der Waals surface area contributed by atoms with Crippen molar-refractivity contribution in [3.8, 4) is 0 Å². The number of anilines is 1. The number of primary amides is 1. The molecule has 6 nitrogen and oxygen atoms in total. The number of nitrogens with one attached hydrogen (secondary N) is 1. The number of amides is 2. The molecule has 1 aromatic rings. The van der Waals surface area contributed by atoms with Gasteiger partial charge in [0.2, 0.25) is 11.8 Å². The Labute approximate surface area is 149 Å². The van der Waals surface area contributed by atoms with E-state index in [0.717, 1.165) is 50.1 Å². The molecule has 1 aromatic carbocycles. The quantitative estimate of drug-likeness (QED) is 0.670. The minimum Gasteiger partial charge on any atom is -0.382 e. The first-order valence-electron chi connectivity index (χ1n) is 9.06.